The molecule has 2 heteroatoms. The Kier molecular flexibility index (Phi) is 3.12. The van der Waals surface area contributed by atoms with Crippen LogP contribution >= 0.6 is 11.8 Å². The average Bonchev–Trinajstić information content (AvgIpc) is 2.13. The zero-order valence-corrected chi connectivity index (χ0v) is 6.32. The zero-order valence-electron chi connectivity index (χ0n) is 5.51. The van der Waals surface area contributed by atoms with Crippen LogP contribution in [0, 0.1) is 0 Å². The largest absolute Gasteiger partial charge is 0.302 e. The van der Waals surface area contributed by atoms with Crippen LogP contribution in [0.15, 0.2) is 0 Å². The van der Waals surface area contributed by atoms with Crippen molar-refractivity contribution in [1.29, 1.82) is 0 Å². The van der Waals surface area contributed by atoms with Crippen molar-refractivity contribution < 1.29 is 4.79 Å². The van der Waals surface area contributed by atoms with Gasteiger partial charge in [-0.1, -0.05) is 12.8 Å². The summed E-state index contributed by atoms with van der Waals surface area (Å²) in [6.45, 7) is 0. The summed E-state index contributed by atoms with van der Waals surface area (Å²) in [5, 5.41) is 0.312. The van der Waals surface area contributed by atoms with Crippen LogP contribution in [0.2, 0.25) is 0 Å². The van der Waals surface area contributed by atoms with Crippen LogP contribution in [0.25, 0.3) is 0 Å². The van der Waals surface area contributed by atoms with Gasteiger partial charge in [0.05, 0.1) is 5.25 Å². The summed E-state index contributed by atoms with van der Waals surface area (Å²) < 4.78 is 0. The number of hydrogen-bond donors (Lipinski definition) is 0. The molecule has 0 N–H and O–H groups in total. The predicted octanol–water partition coefficient (Wildman–Crippen LogP) is 1.86. The minimum atomic E-state index is 0.312. The normalized spacial score (nSPS) is 29.1. The van der Waals surface area contributed by atoms with E-state index in [0.29, 0.717) is 5.25 Å². The van der Waals surface area contributed by atoms with Crippen LogP contribution in [0.5, 0.6) is 0 Å². The van der Waals surface area contributed by atoms with E-state index in [1.165, 1.54) is 25.0 Å². The Morgan fingerprint density at radius 2 is 2.22 bits per heavy atom. The molecule has 0 saturated carbocycles. The lowest BCUT2D eigenvalue weighted by Crippen LogP contribution is -2.01. The minimum Gasteiger partial charge on any atom is -0.302 e. The molecule has 52 valence electrons. The number of carbonyl (C=O) groups is 1. The Balaban J connectivity index is 2.26. The molecule has 0 aromatic rings. The molecule has 1 fully saturated rings. The molecule has 9 heavy (non-hydrogen) atoms. The molecular weight excluding hydrogens is 132 g/mol. The van der Waals surface area contributed by atoms with Gasteiger partial charge in [0.2, 0.25) is 0 Å². The van der Waals surface area contributed by atoms with Crippen LogP contribution in [-0.2, 0) is 4.79 Å². The lowest BCUT2D eigenvalue weighted by Gasteiger charge is -2.01. The third kappa shape index (κ3) is 2.39. The second-order valence-electron chi connectivity index (χ2n) is 2.39. The Hall–Kier alpha value is 0.0200. The van der Waals surface area contributed by atoms with Gasteiger partial charge in [-0.15, -0.1) is 0 Å². The molecule has 1 aliphatic rings. The molecule has 0 aromatic heterocycles. The fourth-order valence-electron chi connectivity index (χ4n) is 1.05. The second-order valence-corrected chi connectivity index (χ2v) is 3.74. The van der Waals surface area contributed by atoms with Crippen molar-refractivity contribution in [2.24, 2.45) is 0 Å². The molecule has 1 unspecified atom stereocenters. The fraction of sp³-hybridized carbons (Fsp3) is 0.857. The average molecular weight is 144 g/mol. The monoisotopic (exact) mass is 144 g/mol. The van der Waals surface area contributed by atoms with Gasteiger partial charge in [0.15, 0.2) is 0 Å². The van der Waals surface area contributed by atoms with E-state index < -0.39 is 0 Å². The third-order valence-corrected chi connectivity index (χ3v) is 2.92. The second kappa shape index (κ2) is 3.94. The molecule has 0 amide bonds. The molecule has 0 spiro atoms. The summed E-state index contributed by atoms with van der Waals surface area (Å²) in [5.41, 5.74) is 0. The maximum Gasteiger partial charge on any atom is 0.132 e. The highest BCUT2D eigenvalue weighted by Gasteiger charge is 2.09. The molecule has 1 saturated heterocycles. The molecule has 0 bridgehead atoms. The standard InChI is InChI=1S/C7H12OS/c8-6-7-4-2-1-3-5-9-7/h6-7H,1-5H2. The Morgan fingerprint density at radius 3 is 3.00 bits per heavy atom. The quantitative estimate of drug-likeness (QED) is 0.522. The summed E-state index contributed by atoms with van der Waals surface area (Å²) in [6.07, 6.45) is 6.06. The SMILES string of the molecule is O=CC1CCCCCS1. The van der Waals surface area contributed by atoms with E-state index in [2.05, 4.69) is 0 Å². The highest BCUT2D eigenvalue weighted by Crippen LogP contribution is 2.22. The summed E-state index contributed by atoms with van der Waals surface area (Å²) in [7, 11) is 0. The maximum atomic E-state index is 10.3. The maximum absolute atomic E-state index is 10.3. The van der Waals surface area contributed by atoms with Gasteiger partial charge in [-0.2, -0.15) is 11.8 Å². The van der Waals surface area contributed by atoms with E-state index in [0.717, 1.165) is 12.7 Å². The fourth-order valence-corrected chi connectivity index (χ4v) is 2.14. The van der Waals surface area contributed by atoms with Crippen LogP contribution in [0.1, 0.15) is 25.7 Å². The van der Waals surface area contributed by atoms with Gasteiger partial charge in [0.1, 0.15) is 6.29 Å². The van der Waals surface area contributed by atoms with Crippen molar-refractivity contribution >= 4 is 18.0 Å². The minimum absolute atomic E-state index is 0.312. The van der Waals surface area contributed by atoms with E-state index >= 15 is 0 Å². The molecule has 1 nitrogen and oxygen atoms in total. The van der Waals surface area contributed by atoms with Crippen molar-refractivity contribution in [2.45, 2.75) is 30.9 Å². The third-order valence-electron chi connectivity index (χ3n) is 1.62. The number of thioether (sulfide) groups is 1. The first kappa shape index (κ1) is 7.13. The molecule has 1 heterocycles. The number of hydrogen-bond acceptors (Lipinski definition) is 2. The molecule has 1 aliphatic heterocycles. The zero-order chi connectivity index (χ0) is 6.53. The van der Waals surface area contributed by atoms with E-state index in [1.807, 2.05) is 11.8 Å². The van der Waals surface area contributed by atoms with Crippen LogP contribution in [0.3, 0.4) is 0 Å². The van der Waals surface area contributed by atoms with Crippen molar-refractivity contribution in [3.8, 4) is 0 Å². The van der Waals surface area contributed by atoms with Gasteiger partial charge in [0, 0.05) is 0 Å². The Labute approximate surface area is 60.2 Å². The summed E-state index contributed by atoms with van der Waals surface area (Å²) >= 11 is 1.82. The van der Waals surface area contributed by atoms with Gasteiger partial charge in [-0.3, -0.25) is 0 Å². The molecule has 0 radical (unpaired) electrons. The highest BCUT2D eigenvalue weighted by molar-refractivity contribution is 8.00. The molecule has 0 aromatic carbocycles. The van der Waals surface area contributed by atoms with E-state index in [4.69, 9.17) is 0 Å². The molecule has 1 rings (SSSR count). The van der Waals surface area contributed by atoms with Crippen molar-refractivity contribution in [3.05, 3.63) is 0 Å². The number of aldehydes is 1. The first-order valence-electron chi connectivity index (χ1n) is 3.50. The Bertz CT molecular complexity index is 84.9. The van der Waals surface area contributed by atoms with E-state index in [-0.39, 0.29) is 0 Å². The van der Waals surface area contributed by atoms with Gasteiger partial charge in [0.25, 0.3) is 0 Å². The summed E-state index contributed by atoms with van der Waals surface area (Å²) in [4.78, 5) is 10.3. The highest BCUT2D eigenvalue weighted by atomic mass is 32.2. The smallest absolute Gasteiger partial charge is 0.132 e. The first-order valence-corrected chi connectivity index (χ1v) is 4.55. The lowest BCUT2D eigenvalue weighted by molar-refractivity contribution is -0.107. The van der Waals surface area contributed by atoms with E-state index in [9.17, 15) is 4.79 Å². The van der Waals surface area contributed by atoms with Crippen LogP contribution < -0.4 is 0 Å². The van der Waals surface area contributed by atoms with E-state index in [1.54, 1.807) is 0 Å². The van der Waals surface area contributed by atoms with Crippen molar-refractivity contribution in [1.82, 2.24) is 0 Å². The molecule has 1 atom stereocenters. The first-order chi connectivity index (χ1) is 4.43. The predicted molar refractivity (Wildman–Crippen MR) is 40.8 cm³/mol. The van der Waals surface area contributed by atoms with Crippen molar-refractivity contribution in [2.75, 3.05) is 5.75 Å². The van der Waals surface area contributed by atoms with Gasteiger partial charge in [-0.25, -0.2) is 0 Å². The number of carbonyl (C=O) groups excluding carboxylic acids is 1. The molecular formula is C7H12OS. The Morgan fingerprint density at radius 1 is 1.33 bits per heavy atom. The molecule has 0 aliphatic carbocycles. The van der Waals surface area contributed by atoms with Gasteiger partial charge in [-0.05, 0) is 18.6 Å². The lowest BCUT2D eigenvalue weighted by atomic mass is 10.2. The topological polar surface area (TPSA) is 17.1 Å². The van der Waals surface area contributed by atoms with Crippen LogP contribution in [-0.4, -0.2) is 17.3 Å². The van der Waals surface area contributed by atoms with Crippen molar-refractivity contribution in [3.63, 3.8) is 0 Å². The van der Waals surface area contributed by atoms with Crippen LogP contribution in [0.4, 0.5) is 0 Å². The summed E-state index contributed by atoms with van der Waals surface area (Å²) in [5.74, 6) is 1.18. The number of rotatable bonds is 1. The van der Waals surface area contributed by atoms with Gasteiger partial charge >= 0.3 is 0 Å². The summed E-state index contributed by atoms with van der Waals surface area (Å²) in [6, 6.07) is 0. The van der Waals surface area contributed by atoms with Gasteiger partial charge < -0.3 is 4.79 Å².